The highest BCUT2D eigenvalue weighted by atomic mass is 32.2. The van der Waals surface area contributed by atoms with Crippen molar-refractivity contribution < 1.29 is 28.9 Å². The number of hydrogen-bond donors (Lipinski definition) is 1. The first-order valence-electron chi connectivity index (χ1n) is 6.44. The van der Waals surface area contributed by atoms with Crippen LogP contribution in [0.5, 0.6) is 17.2 Å². The molecule has 1 aromatic rings. The minimum atomic E-state index is -1.12. The number of carboxylic acid groups (broad SMARTS) is 1. The Kier molecular flexibility index (Phi) is 4.14. The maximum Gasteiger partial charge on any atom is 0.323 e. The molecule has 0 bridgehead atoms. The first-order valence-corrected chi connectivity index (χ1v) is 7.67. The average molecular weight is 353 g/mol. The van der Waals surface area contributed by atoms with Gasteiger partial charge in [-0.2, -0.15) is 0 Å². The summed E-state index contributed by atoms with van der Waals surface area (Å²) in [5, 5.41) is 8.84. The second-order valence-electron chi connectivity index (χ2n) is 4.61. The molecule has 0 aliphatic carbocycles. The van der Waals surface area contributed by atoms with Gasteiger partial charge in [-0.3, -0.25) is 14.5 Å². The number of thiocarbonyl (C=S) groups is 1. The van der Waals surface area contributed by atoms with Gasteiger partial charge >= 0.3 is 5.97 Å². The molecule has 7 nitrogen and oxygen atoms in total. The summed E-state index contributed by atoms with van der Waals surface area (Å²) in [6.45, 7) is -0.330. The maximum absolute atomic E-state index is 12.3. The van der Waals surface area contributed by atoms with E-state index in [0.717, 1.165) is 16.7 Å². The molecule has 0 spiro atoms. The number of nitrogens with zero attached hydrogens (tertiary/aromatic N) is 1. The molecule has 1 saturated heterocycles. The number of thioether (sulfide) groups is 1. The summed E-state index contributed by atoms with van der Waals surface area (Å²) in [4.78, 5) is 24.5. The SMILES string of the molecule is COc1cc2c(cc1C=C1SC(=S)N(CC(=O)O)C1=O)OCO2. The Morgan fingerprint density at radius 1 is 1.48 bits per heavy atom. The van der Waals surface area contributed by atoms with E-state index in [1.165, 1.54) is 7.11 Å². The average Bonchev–Trinajstić information content (AvgIpc) is 3.06. The van der Waals surface area contributed by atoms with E-state index >= 15 is 0 Å². The van der Waals surface area contributed by atoms with Crippen molar-refractivity contribution in [3.8, 4) is 17.2 Å². The van der Waals surface area contributed by atoms with Crippen LogP contribution in [0.4, 0.5) is 0 Å². The molecule has 0 unspecified atom stereocenters. The number of benzene rings is 1. The van der Waals surface area contributed by atoms with Crippen LogP contribution in [0.2, 0.25) is 0 Å². The number of methoxy groups -OCH3 is 1. The van der Waals surface area contributed by atoms with Crippen LogP contribution < -0.4 is 14.2 Å². The standard InChI is InChI=1S/C14H11NO6S2/c1-19-8-4-10-9(20-6-21-10)2-7(8)3-11-13(18)15(5-12(16)17)14(22)23-11/h2-4H,5-6H2,1H3,(H,16,17). The van der Waals surface area contributed by atoms with Gasteiger partial charge in [0.25, 0.3) is 5.91 Å². The summed E-state index contributed by atoms with van der Waals surface area (Å²) < 4.78 is 16.1. The molecular weight excluding hydrogens is 342 g/mol. The smallest absolute Gasteiger partial charge is 0.323 e. The lowest BCUT2D eigenvalue weighted by Gasteiger charge is -2.10. The van der Waals surface area contributed by atoms with Crippen molar-refractivity contribution in [3.05, 3.63) is 22.6 Å². The number of carbonyl (C=O) groups excluding carboxylic acids is 1. The zero-order chi connectivity index (χ0) is 16.6. The summed E-state index contributed by atoms with van der Waals surface area (Å²) >= 11 is 6.11. The molecular formula is C14H11NO6S2. The number of amides is 1. The van der Waals surface area contributed by atoms with Gasteiger partial charge < -0.3 is 19.3 Å². The molecule has 3 rings (SSSR count). The summed E-state index contributed by atoms with van der Waals surface area (Å²) in [5.41, 5.74) is 0.618. The molecule has 0 saturated carbocycles. The summed E-state index contributed by atoms with van der Waals surface area (Å²) in [6.07, 6.45) is 1.60. The molecule has 9 heteroatoms. The van der Waals surface area contributed by atoms with Crippen LogP contribution in [0.3, 0.4) is 0 Å². The van der Waals surface area contributed by atoms with Crippen molar-refractivity contribution >= 4 is 46.3 Å². The maximum atomic E-state index is 12.3. The molecule has 23 heavy (non-hydrogen) atoms. The Labute approximate surface area is 140 Å². The molecule has 120 valence electrons. The van der Waals surface area contributed by atoms with Gasteiger partial charge in [-0.1, -0.05) is 24.0 Å². The molecule has 0 atom stereocenters. The van der Waals surface area contributed by atoms with Crippen LogP contribution in [-0.4, -0.2) is 46.7 Å². The third-order valence-corrected chi connectivity index (χ3v) is 4.56. The molecule has 0 radical (unpaired) electrons. The van der Waals surface area contributed by atoms with Crippen molar-refractivity contribution in [2.24, 2.45) is 0 Å². The largest absolute Gasteiger partial charge is 0.496 e. The van der Waals surface area contributed by atoms with Gasteiger partial charge in [-0.25, -0.2) is 0 Å². The zero-order valence-electron chi connectivity index (χ0n) is 11.9. The number of ether oxygens (including phenoxy) is 3. The zero-order valence-corrected chi connectivity index (χ0v) is 13.5. The number of carboxylic acids is 1. The summed E-state index contributed by atoms with van der Waals surface area (Å²) in [6, 6.07) is 3.37. The second-order valence-corrected chi connectivity index (χ2v) is 6.28. The van der Waals surface area contributed by atoms with Gasteiger partial charge in [0.2, 0.25) is 6.79 Å². The van der Waals surface area contributed by atoms with Crippen LogP contribution >= 0.6 is 24.0 Å². The summed E-state index contributed by atoms with van der Waals surface area (Å²) in [7, 11) is 1.50. The molecule has 2 aliphatic heterocycles. The Hall–Kier alpha value is -2.26. The van der Waals surface area contributed by atoms with Crippen molar-refractivity contribution in [2.75, 3.05) is 20.4 Å². The highest BCUT2D eigenvalue weighted by molar-refractivity contribution is 8.26. The number of aliphatic carboxylic acids is 1. The van der Waals surface area contributed by atoms with Crippen LogP contribution in [0, 0.1) is 0 Å². The number of hydrogen-bond acceptors (Lipinski definition) is 7. The lowest BCUT2D eigenvalue weighted by molar-refractivity contribution is -0.140. The fraction of sp³-hybridized carbons (Fsp3) is 0.214. The van der Waals surface area contributed by atoms with E-state index in [0.29, 0.717) is 27.7 Å². The first-order chi connectivity index (χ1) is 11.0. The van der Waals surface area contributed by atoms with Gasteiger partial charge in [0.05, 0.1) is 12.0 Å². The highest BCUT2D eigenvalue weighted by Crippen LogP contribution is 2.40. The van der Waals surface area contributed by atoms with E-state index in [1.807, 2.05) is 0 Å². The van der Waals surface area contributed by atoms with Gasteiger partial charge in [-0.05, 0) is 12.1 Å². The lowest BCUT2D eigenvalue weighted by atomic mass is 10.1. The third-order valence-electron chi connectivity index (χ3n) is 3.18. The first kappa shape index (κ1) is 15.6. The predicted molar refractivity (Wildman–Crippen MR) is 86.6 cm³/mol. The van der Waals surface area contributed by atoms with Crippen LogP contribution in [-0.2, 0) is 9.59 Å². The van der Waals surface area contributed by atoms with Crippen molar-refractivity contribution in [1.82, 2.24) is 4.90 Å². The fourth-order valence-corrected chi connectivity index (χ4v) is 3.39. The van der Waals surface area contributed by atoms with Crippen molar-refractivity contribution in [2.45, 2.75) is 0 Å². The summed E-state index contributed by atoms with van der Waals surface area (Å²) in [5.74, 6) is 0.0681. The van der Waals surface area contributed by atoms with Crippen molar-refractivity contribution in [1.29, 1.82) is 0 Å². The van der Waals surface area contributed by atoms with E-state index in [2.05, 4.69) is 0 Å². The molecule has 1 N–H and O–H groups in total. The van der Waals surface area contributed by atoms with Crippen LogP contribution in [0.25, 0.3) is 6.08 Å². The van der Waals surface area contributed by atoms with Crippen LogP contribution in [0.1, 0.15) is 5.56 Å². The molecule has 0 aromatic heterocycles. The second kappa shape index (κ2) is 6.09. The fourth-order valence-electron chi connectivity index (χ4n) is 2.14. The topological polar surface area (TPSA) is 85.3 Å². The monoisotopic (exact) mass is 353 g/mol. The van der Waals surface area contributed by atoms with Gasteiger partial charge in [0.15, 0.2) is 11.5 Å². The highest BCUT2D eigenvalue weighted by Gasteiger charge is 2.33. The molecule has 1 fully saturated rings. The number of fused-ring (bicyclic) bond motifs is 1. The lowest BCUT2D eigenvalue weighted by Crippen LogP contribution is -2.33. The molecule has 1 amide bonds. The predicted octanol–water partition coefficient (Wildman–Crippen LogP) is 1.71. The van der Waals surface area contributed by atoms with Gasteiger partial charge in [0.1, 0.15) is 16.6 Å². The molecule has 2 heterocycles. The number of rotatable bonds is 4. The Morgan fingerprint density at radius 2 is 2.17 bits per heavy atom. The van der Waals surface area contributed by atoms with Crippen LogP contribution in [0.15, 0.2) is 17.0 Å². The Balaban J connectivity index is 1.94. The Bertz CT molecular complexity index is 745. The van der Waals surface area contributed by atoms with E-state index in [1.54, 1.807) is 18.2 Å². The van der Waals surface area contributed by atoms with E-state index in [-0.39, 0.29) is 11.1 Å². The van der Waals surface area contributed by atoms with Gasteiger partial charge in [-0.15, -0.1) is 0 Å². The van der Waals surface area contributed by atoms with E-state index in [9.17, 15) is 9.59 Å². The third kappa shape index (κ3) is 2.97. The Morgan fingerprint density at radius 3 is 2.83 bits per heavy atom. The quantitative estimate of drug-likeness (QED) is 0.647. The van der Waals surface area contributed by atoms with Gasteiger partial charge in [0, 0.05) is 11.6 Å². The minimum absolute atomic E-state index is 0.128. The molecule has 1 aromatic carbocycles. The minimum Gasteiger partial charge on any atom is -0.496 e. The normalized spacial score (nSPS) is 18.0. The van der Waals surface area contributed by atoms with Crippen molar-refractivity contribution in [3.63, 3.8) is 0 Å². The number of carbonyl (C=O) groups is 2. The van der Waals surface area contributed by atoms with E-state index in [4.69, 9.17) is 31.5 Å². The van der Waals surface area contributed by atoms with E-state index < -0.39 is 18.4 Å². The molecule has 2 aliphatic rings.